The number of fused-ring (bicyclic) bond motifs is 1. The fraction of sp³-hybridized carbons (Fsp3) is 0.188. The molecule has 2 aromatic carbocycles. The molecule has 0 saturated carbocycles. The van der Waals surface area contributed by atoms with Crippen molar-refractivity contribution in [3.05, 3.63) is 34.9 Å². The zero-order chi connectivity index (χ0) is 16.9. The molecule has 7 heteroatoms. The zero-order valence-corrected chi connectivity index (χ0v) is 12.1. The van der Waals surface area contributed by atoms with E-state index in [0.717, 1.165) is 6.07 Å². The summed E-state index contributed by atoms with van der Waals surface area (Å²) < 4.78 is 5.69. The standard InChI is InChI=1S/C16H14O7/c1-6-8(17)4-9(18)14-10(19)5-13(23-16(6)14)7-2-11(20)15(22)12(21)3-7/h2-4,13,17-18,20-22H,5H2,1H3/t13-/m0/s1. The summed E-state index contributed by atoms with van der Waals surface area (Å²) in [6.07, 6.45) is -0.971. The first-order chi connectivity index (χ1) is 10.8. The van der Waals surface area contributed by atoms with Gasteiger partial charge >= 0.3 is 0 Å². The summed E-state index contributed by atoms with van der Waals surface area (Å²) in [5, 5.41) is 48.2. The van der Waals surface area contributed by atoms with E-state index in [2.05, 4.69) is 0 Å². The van der Waals surface area contributed by atoms with Crippen molar-refractivity contribution in [2.24, 2.45) is 0 Å². The van der Waals surface area contributed by atoms with Crippen molar-refractivity contribution in [1.29, 1.82) is 0 Å². The quantitative estimate of drug-likeness (QED) is 0.510. The number of carbonyl (C=O) groups is 1. The first-order valence-electron chi connectivity index (χ1n) is 6.79. The Morgan fingerprint density at radius 1 is 0.957 bits per heavy atom. The molecule has 5 N–H and O–H groups in total. The highest BCUT2D eigenvalue weighted by molar-refractivity contribution is 6.03. The van der Waals surface area contributed by atoms with Gasteiger partial charge in [0, 0.05) is 17.2 Å². The van der Waals surface area contributed by atoms with Gasteiger partial charge in [0.15, 0.2) is 23.0 Å². The molecule has 23 heavy (non-hydrogen) atoms. The van der Waals surface area contributed by atoms with Crippen LogP contribution in [0, 0.1) is 6.92 Å². The highest BCUT2D eigenvalue weighted by atomic mass is 16.5. The van der Waals surface area contributed by atoms with Crippen LogP contribution < -0.4 is 4.74 Å². The molecule has 0 radical (unpaired) electrons. The Bertz CT molecular complexity index is 803. The summed E-state index contributed by atoms with van der Waals surface area (Å²) in [7, 11) is 0. The van der Waals surface area contributed by atoms with Crippen LogP contribution in [-0.2, 0) is 0 Å². The van der Waals surface area contributed by atoms with Crippen molar-refractivity contribution in [3.8, 4) is 34.5 Å². The number of hydrogen-bond donors (Lipinski definition) is 5. The fourth-order valence-corrected chi connectivity index (χ4v) is 2.60. The average molecular weight is 318 g/mol. The van der Waals surface area contributed by atoms with Crippen molar-refractivity contribution < 1.29 is 35.1 Å². The number of ketones is 1. The van der Waals surface area contributed by atoms with E-state index < -0.39 is 29.1 Å². The van der Waals surface area contributed by atoms with E-state index in [1.165, 1.54) is 19.1 Å². The molecular formula is C16H14O7. The smallest absolute Gasteiger partial charge is 0.200 e. The molecule has 0 spiro atoms. The third-order valence-corrected chi connectivity index (χ3v) is 3.85. The topological polar surface area (TPSA) is 127 Å². The zero-order valence-electron chi connectivity index (χ0n) is 12.1. The highest BCUT2D eigenvalue weighted by Gasteiger charge is 2.33. The Labute approximate surface area is 130 Å². The molecule has 0 aliphatic carbocycles. The SMILES string of the molecule is Cc1c(O)cc(O)c2c1O[C@H](c1cc(O)c(O)c(O)c1)CC2=O. The van der Waals surface area contributed by atoms with Gasteiger partial charge < -0.3 is 30.3 Å². The van der Waals surface area contributed by atoms with Gasteiger partial charge in [-0.05, 0) is 19.1 Å². The Balaban J connectivity index is 2.09. The van der Waals surface area contributed by atoms with Crippen LogP contribution in [0.4, 0.5) is 0 Å². The number of hydrogen-bond acceptors (Lipinski definition) is 7. The molecule has 1 aliphatic rings. The summed E-state index contributed by atoms with van der Waals surface area (Å²) in [5.41, 5.74) is 0.561. The average Bonchev–Trinajstić information content (AvgIpc) is 2.49. The molecule has 0 saturated heterocycles. The van der Waals surface area contributed by atoms with Crippen LogP contribution >= 0.6 is 0 Å². The molecule has 120 valence electrons. The Morgan fingerprint density at radius 3 is 2.17 bits per heavy atom. The normalized spacial score (nSPS) is 16.7. The number of aromatic hydroxyl groups is 5. The molecule has 0 unspecified atom stereocenters. The predicted octanol–water partition coefficient (Wildman–Crippen LogP) is 2.23. The summed E-state index contributed by atoms with van der Waals surface area (Å²) in [4.78, 5) is 12.3. The van der Waals surface area contributed by atoms with E-state index >= 15 is 0 Å². The molecular weight excluding hydrogens is 304 g/mol. The lowest BCUT2D eigenvalue weighted by atomic mass is 9.93. The van der Waals surface area contributed by atoms with E-state index in [9.17, 15) is 30.3 Å². The summed E-state index contributed by atoms with van der Waals surface area (Å²) in [6, 6.07) is 3.43. The van der Waals surface area contributed by atoms with Gasteiger partial charge in [0.05, 0.1) is 6.42 Å². The molecule has 1 aliphatic heterocycles. The third-order valence-electron chi connectivity index (χ3n) is 3.85. The van der Waals surface area contributed by atoms with Crippen molar-refractivity contribution in [2.45, 2.75) is 19.4 Å². The van der Waals surface area contributed by atoms with Gasteiger partial charge in [0.1, 0.15) is 28.9 Å². The first-order valence-corrected chi connectivity index (χ1v) is 6.79. The maximum absolute atomic E-state index is 12.3. The largest absolute Gasteiger partial charge is 0.507 e. The van der Waals surface area contributed by atoms with Gasteiger partial charge in [-0.25, -0.2) is 0 Å². The van der Waals surface area contributed by atoms with Crippen LogP contribution in [0.5, 0.6) is 34.5 Å². The van der Waals surface area contributed by atoms with E-state index in [1.807, 2.05) is 0 Å². The van der Waals surface area contributed by atoms with Gasteiger partial charge in [0.25, 0.3) is 0 Å². The number of phenols is 5. The van der Waals surface area contributed by atoms with Crippen molar-refractivity contribution >= 4 is 5.78 Å². The lowest BCUT2D eigenvalue weighted by molar-refractivity contribution is 0.0842. The first kappa shape index (κ1) is 14.8. The van der Waals surface area contributed by atoms with Crippen LogP contribution in [-0.4, -0.2) is 31.3 Å². The number of ether oxygens (including phenoxy) is 1. The van der Waals surface area contributed by atoms with Crippen LogP contribution in [0.15, 0.2) is 18.2 Å². The number of benzene rings is 2. The molecule has 1 heterocycles. The molecule has 3 rings (SSSR count). The second-order valence-electron chi connectivity index (χ2n) is 5.39. The van der Waals surface area contributed by atoms with Gasteiger partial charge in [-0.2, -0.15) is 0 Å². The molecule has 0 fully saturated rings. The second-order valence-corrected chi connectivity index (χ2v) is 5.39. The van der Waals surface area contributed by atoms with Gasteiger partial charge in [-0.1, -0.05) is 0 Å². The van der Waals surface area contributed by atoms with Gasteiger partial charge in [0.2, 0.25) is 0 Å². The van der Waals surface area contributed by atoms with E-state index in [0.29, 0.717) is 5.56 Å². The Hall–Kier alpha value is -3.09. The lowest BCUT2D eigenvalue weighted by Gasteiger charge is -2.27. The molecule has 0 bridgehead atoms. The van der Waals surface area contributed by atoms with E-state index in [1.54, 1.807) is 0 Å². The van der Waals surface area contributed by atoms with Crippen LogP contribution in [0.3, 0.4) is 0 Å². The molecule has 1 atom stereocenters. The predicted molar refractivity (Wildman–Crippen MR) is 78.3 cm³/mol. The van der Waals surface area contributed by atoms with Gasteiger partial charge in [-0.15, -0.1) is 0 Å². The summed E-state index contributed by atoms with van der Waals surface area (Å²) >= 11 is 0. The number of carbonyl (C=O) groups excluding carboxylic acids is 1. The monoisotopic (exact) mass is 318 g/mol. The van der Waals surface area contributed by atoms with Crippen molar-refractivity contribution in [1.82, 2.24) is 0 Å². The lowest BCUT2D eigenvalue weighted by Crippen LogP contribution is -2.21. The van der Waals surface area contributed by atoms with Crippen molar-refractivity contribution in [2.75, 3.05) is 0 Å². The fourth-order valence-electron chi connectivity index (χ4n) is 2.60. The second kappa shape index (κ2) is 4.98. The molecule has 7 nitrogen and oxygen atoms in total. The molecule has 2 aromatic rings. The Morgan fingerprint density at radius 2 is 1.57 bits per heavy atom. The summed E-state index contributed by atoms with van der Waals surface area (Å²) in [5.74, 6) is -2.69. The van der Waals surface area contributed by atoms with Crippen LogP contribution in [0.2, 0.25) is 0 Å². The minimum absolute atomic E-state index is 0.0104. The number of phenolic OH excluding ortho intramolecular Hbond substituents is 5. The van der Waals surface area contributed by atoms with E-state index in [-0.39, 0.29) is 34.8 Å². The Kier molecular flexibility index (Phi) is 3.21. The third kappa shape index (κ3) is 2.26. The van der Waals surface area contributed by atoms with Crippen LogP contribution in [0.1, 0.15) is 34.0 Å². The minimum atomic E-state index is -0.840. The minimum Gasteiger partial charge on any atom is -0.507 e. The molecule has 0 amide bonds. The highest BCUT2D eigenvalue weighted by Crippen LogP contribution is 2.46. The molecule has 0 aromatic heterocycles. The van der Waals surface area contributed by atoms with E-state index in [4.69, 9.17) is 4.74 Å². The van der Waals surface area contributed by atoms with Gasteiger partial charge in [-0.3, -0.25) is 4.79 Å². The number of rotatable bonds is 1. The van der Waals surface area contributed by atoms with Crippen LogP contribution in [0.25, 0.3) is 0 Å². The number of Topliss-reactive ketones (excluding diaryl/α,β-unsaturated/α-hetero) is 1. The summed E-state index contributed by atoms with van der Waals surface area (Å²) in [6.45, 7) is 1.54. The van der Waals surface area contributed by atoms with Crippen molar-refractivity contribution in [3.63, 3.8) is 0 Å². The maximum Gasteiger partial charge on any atom is 0.200 e. The maximum atomic E-state index is 12.3.